The van der Waals surface area contributed by atoms with E-state index in [4.69, 9.17) is 5.11 Å². The molecule has 0 aliphatic rings. The van der Waals surface area contributed by atoms with Crippen molar-refractivity contribution in [2.24, 2.45) is 0 Å². The zero-order chi connectivity index (χ0) is 24.1. The Hall–Kier alpha value is -4.14. The number of carboxylic acid groups (broad SMARTS) is 1. The number of amides is 2. The molecule has 33 heavy (non-hydrogen) atoms. The van der Waals surface area contributed by atoms with Crippen LogP contribution >= 0.6 is 0 Å². The van der Waals surface area contributed by atoms with Crippen LogP contribution in [0.2, 0.25) is 0 Å². The number of aryl methyl sites for hydroxylation is 2. The van der Waals surface area contributed by atoms with E-state index in [2.05, 4.69) is 20.6 Å². The molecule has 170 valence electrons. The normalized spacial score (nSPS) is 11.5. The van der Waals surface area contributed by atoms with E-state index in [0.29, 0.717) is 11.1 Å². The first-order valence-corrected chi connectivity index (χ1v) is 10.2. The maximum Gasteiger partial charge on any atom is 0.335 e. The fourth-order valence-corrected chi connectivity index (χ4v) is 3.25. The first kappa shape index (κ1) is 23.5. The second-order valence-corrected chi connectivity index (χ2v) is 7.63. The number of benzene rings is 2. The van der Waals surface area contributed by atoms with E-state index in [1.165, 1.54) is 18.2 Å². The van der Waals surface area contributed by atoms with Crippen LogP contribution in [0.5, 0.6) is 0 Å². The van der Waals surface area contributed by atoms with E-state index in [9.17, 15) is 18.8 Å². The average molecular weight is 450 g/mol. The molecule has 9 heteroatoms. The molecule has 1 atom stereocenters. The largest absolute Gasteiger partial charge is 0.478 e. The number of hydrogen-bond donors (Lipinski definition) is 3. The Kier molecular flexibility index (Phi) is 7.12. The van der Waals surface area contributed by atoms with Gasteiger partial charge in [-0.15, -0.1) is 0 Å². The third-order valence-electron chi connectivity index (χ3n) is 5.14. The van der Waals surface area contributed by atoms with Crippen LogP contribution in [0.3, 0.4) is 0 Å². The standard InChI is InChI=1S/C24H23FN4O4/c1-13-9-17(5-6-18(13)24(32)33)15(3)29-23(31)21-10-20(27-12-28-21)22(30)26-11-16-4-7-19(25)14(2)8-16/h4-10,12,15H,11H2,1-3H3,(H,26,30)(H,29,31)(H,32,33). The second kappa shape index (κ2) is 9.99. The zero-order valence-corrected chi connectivity index (χ0v) is 18.3. The predicted octanol–water partition coefficient (Wildman–Crippen LogP) is 3.35. The van der Waals surface area contributed by atoms with Crippen molar-refractivity contribution in [3.63, 3.8) is 0 Å². The summed E-state index contributed by atoms with van der Waals surface area (Å²) in [6, 6.07) is 10.2. The number of carbonyl (C=O) groups excluding carboxylic acids is 2. The molecular weight excluding hydrogens is 427 g/mol. The smallest absolute Gasteiger partial charge is 0.335 e. The van der Waals surface area contributed by atoms with Crippen molar-refractivity contribution in [2.75, 3.05) is 0 Å². The van der Waals surface area contributed by atoms with Gasteiger partial charge in [0.15, 0.2) is 0 Å². The third-order valence-corrected chi connectivity index (χ3v) is 5.14. The molecule has 0 radical (unpaired) electrons. The lowest BCUT2D eigenvalue weighted by atomic mass is 10.0. The second-order valence-electron chi connectivity index (χ2n) is 7.63. The molecule has 0 saturated heterocycles. The molecule has 2 amide bonds. The SMILES string of the molecule is Cc1cc(CNC(=O)c2cc(C(=O)NC(C)c3ccc(C(=O)O)c(C)c3)ncn2)ccc1F. The first-order valence-electron chi connectivity index (χ1n) is 10.2. The Morgan fingerprint density at radius 2 is 1.67 bits per heavy atom. The summed E-state index contributed by atoms with van der Waals surface area (Å²) in [7, 11) is 0. The quantitative estimate of drug-likeness (QED) is 0.508. The lowest BCUT2D eigenvalue weighted by Crippen LogP contribution is -2.29. The Labute approximate surface area is 189 Å². The van der Waals surface area contributed by atoms with Crippen LogP contribution in [0.1, 0.15) is 66.6 Å². The zero-order valence-electron chi connectivity index (χ0n) is 18.3. The Bertz CT molecular complexity index is 1230. The highest BCUT2D eigenvalue weighted by Crippen LogP contribution is 2.18. The Morgan fingerprint density at radius 1 is 0.970 bits per heavy atom. The van der Waals surface area contributed by atoms with Crippen LogP contribution in [0.15, 0.2) is 48.8 Å². The number of nitrogens with zero attached hydrogens (tertiary/aromatic N) is 2. The molecule has 0 fully saturated rings. The molecule has 0 bridgehead atoms. The van der Waals surface area contributed by atoms with Gasteiger partial charge in [-0.05, 0) is 55.2 Å². The highest BCUT2D eigenvalue weighted by atomic mass is 19.1. The minimum Gasteiger partial charge on any atom is -0.478 e. The van der Waals surface area contributed by atoms with Crippen molar-refractivity contribution in [2.45, 2.75) is 33.4 Å². The van der Waals surface area contributed by atoms with Crippen LogP contribution in [-0.2, 0) is 6.54 Å². The summed E-state index contributed by atoms with van der Waals surface area (Å²) in [5.41, 5.74) is 2.74. The van der Waals surface area contributed by atoms with Crippen molar-refractivity contribution in [3.05, 3.63) is 93.8 Å². The minimum atomic E-state index is -1.02. The average Bonchev–Trinajstić information content (AvgIpc) is 2.79. The van der Waals surface area contributed by atoms with Crippen LogP contribution in [-0.4, -0.2) is 32.9 Å². The fraction of sp³-hybridized carbons (Fsp3) is 0.208. The van der Waals surface area contributed by atoms with Crippen LogP contribution in [0, 0.1) is 19.7 Å². The van der Waals surface area contributed by atoms with E-state index in [-0.39, 0.29) is 29.3 Å². The predicted molar refractivity (Wildman–Crippen MR) is 118 cm³/mol. The minimum absolute atomic E-state index is 0.0125. The number of aromatic carboxylic acids is 1. The molecule has 8 nitrogen and oxygen atoms in total. The van der Waals surface area contributed by atoms with E-state index < -0.39 is 23.8 Å². The van der Waals surface area contributed by atoms with Gasteiger partial charge in [-0.2, -0.15) is 0 Å². The van der Waals surface area contributed by atoms with Crippen LogP contribution < -0.4 is 10.6 Å². The molecule has 3 N–H and O–H groups in total. The first-order chi connectivity index (χ1) is 15.7. The van der Waals surface area contributed by atoms with Gasteiger partial charge in [-0.25, -0.2) is 19.2 Å². The van der Waals surface area contributed by atoms with Gasteiger partial charge in [0.2, 0.25) is 0 Å². The van der Waals surface area contributed by atoms with Crippen molar-refractivity contribution < 1.29 is 23.9 Å². The summed E-state index contributed by atoms with van der Waals surface area (Å²) >= 11 is 0. The number of aromatic nitrogens is 2. The molecular formula is C24H23FN4O4. The maximum absolute atomic E-state index is 13.4. The molecule has 1 aromatic heterocycles. The monoisotopic (exact) mass is 450 g/mol. The summed E-state index contributed by atoms with van der Waals surface area (Å²) in [6.07, 6.45) is 1.13. The van der Waals surface area contributed by atoms with E-state index in [1.807, 2.05) is 0 Å². The molecule has 3 rings (SSSR count). The van der Waals surface area contributed by atoms with Crippen molar-refractivity contribution >= 4 is 17.8 Å². The van der Waals surface area contributed by atoms with Gasteiger partial charge in [-0.3, -0.25) is 9.59 Å². The Morgan fingerprint density at radius 3 is 2.30 bits per heavy atom. The summed E-state index contributed by atoms with van der Waals surface area (Å²) < 4.78 is 13.4. The molecule has 2 aromatic carbocycles. The number of carbonyl (C=O) groups is 3. The van der Waals surface area contributed by atoms with Gasteiger partial charge in [-0.1, -0.05) is 24.3 Å². The lowest BCUT2D eigenvalue weighted by molar-refractivity contribution is 0.0695. The highest BCUT2D eigenvalue weighted by Gasteiger charge is 2.17. The molecule has 0 saturated carbocycles. The van der Waals surface area contributed by atoms with Gasteiger partial charge in [0.1, 0.15) is 23.5 Å². The molecule has 0 aliphatic carbocycles. The van der Waals surface area contributed by atoms with Crippen molar-refractivity contribution in [1.29, 1.82) is 0 Å². The number of hydrogen-bond acceptors (Lipinski definition) is 5. The maximum atomic E-state index is 13.4. The van der Waals surface area contributed by atoms with E-state index >= 15 is 0 Å². The van der Waals surface area contributed by atoms with Gasteiger partial charge in [0.25, 0.3) is 11.8 Å². The van der Waals surface area contributed by atoms with Crippen molar-refractivity contribution in [1.82, 2.24) is 20.6 Å². The van der Waals surface area contributed by atoms with Gasteiger partial charge >= 0.3 is 5.97 Å². The lowest BCUT2D eigenvalue weighted by Gasteiger charge is -2.15. The third kappa shape index (κ3) is 5.76. The van der Waals surface area contributed by atoms with E-state index in [0.717, 1.165) is 17.5 Å². The van der Waals surface area contributed by atoms with Gasteiger partial charge in [0, 0.05) is 12.6 Å². The topological polar surface area (TPSA) is 121 Å². The number of carboxylic acids is 1. The van der Waals surface area contributed by atoms with Crippen molar-refractivity contribution in [3.8, 4) is 0 Å². The fourth-order valence-electron chi connectivity index (χ4n) is 3.25. The highest BCUT2D eigenvalue weighted by molar-refractivity contribution is 5.97. The summed E-state index contributed by atoms with van der Waals surface area (Å²) in [4.78, 5) is 44.1. The molecule has 0 spiro atoms. The number of rotatable bonds is 7. The summed E-state index contributed by atoms with van der Waals surface area (Å²) in [5, 5.41) is 14.6. The number of nitrogens with one attached hydrogen (secondary N) is 2. The summed E-state index contributed by atoms with van der Waals surface area (Å²) in [6.45, 7) is 5.25. The molecule has 0 aliphatic heterocycles. The molecule has 3 aromatic rings. The summed E-state index contributed by atoms with van der Waals surface area (Å²) in [5.74, 6) is -2.34. The van der Waals surface area contributed by atoms with E-state index in [1.54, 1.807) is 45.0 Å². The number of halogens is 1. The Balaban J connectivity index is 1.66. The van der Waals surface area contributed by atoms with Crippen LogP contribution in [0.4, 0.5) is 4.39 Å². The van der Waals surface area contributed by atoms with Crippen LogP contribution in [0.25, 0.3) is 0 Å². The molecule has 1 unspecified atom stereocenters. The van der Waals surface area contributed by atoms with Gasteiger partial charge in [0.05, 0.1) is 11.6 Å². The van der Waals surface area contributed by atoms with Gasteiger partial charge < -0.3 is 15.7 Å². The molecule has 1 heterocycles.